The predicted molar refractivity (Wildman–Crippen MR) is 189 cm³/mol. The molecule has 49 heavy (non-hydrogen) atoms. The first-order valence-electron chi connectivity index (χ1n) is 16.7. The first-order chi connectivity index (χ1) is 23.2. The number of hydrogen-bond acceptors (Lipinski definition) is 6. The number of benzene rings is 3. The summed E-state index contributed by atoms with van der Waals surface area (Å²) in [6, 6.07) is 24.7. The molecule has 11 nitrogen and oxygen atoms in total. The van der Waals surface area contributed by atoms with Crippen LogP contribution in [0.1, 0.15) is 64.2 Å². The molecule has 0 saturated carbocycles. The number of rotatable bonds is 16. The Labute approximate surface area is 289 Å². The van der Waals surface area contributed by atoms with E-state index in [1.165, 1.54) is 0 Å². The summed E-state index contributed by atoms with van der Waals surface area (Å²) >= 11 is 0. The van der Waals surface area contributed by atoms with E-state index in [2.05, 4.69) is 16.0 Å². The van der Waals surface area contributed by atoms with Crippen molar-refractivity contribution >= 4 is 23.9 Å². The average Bonchev–Trinajstić information content (AvgIpc) is 3.05. The van der Waals surface area contributed by atoms with E-state index in [0.29, 0.717) is 12.0 Å². The Morgan fingerprint density at radius 3 is 1.86 bits per heavy atom. The smallest absolute Gasteiger partial charge is 0.409 e. The number of ether oxygens (including phenoxy) is 1. The first kappa shape index (κ1) is 38.5. The lowest BCUT2D eigenvalue weighted by Gasteiger charge is -2.41. The van der Waals surface area contributed by atoms with Gasteiger partial charge in [0.2, 0.25) is 11.8 Å². The second-order valence-corrected chi connectivity index (χ2v) is 13.5. The van der Waals surface area contributed by atoms with Crippen LogP contribution in [0, 0.1) is 5.92 Å². The summed E-state index contributed by atoms with van der Waals surface area (Å²) in [5.74, 6) is -1.60. The van der Waals surface area contributed by atoms with Crippen LogP contribution in [0.15, 0.2) is 91.0 Å². The van der Waals surface area contributed by atoms with Crippen molar-refractivity contribution in [1.29, 1.82) is 0 Å². The molecule has 0 heterocycles. The Morgan fingerprint density at radius 1 is 0.816 bits per heavy atom. The fraction of sp³-hybridized carbons (Fsp3) is 0.421. The van der Waals surface area contributed by atoms with E-state index >= 15 is 0 Å². The molecule has 3 aromatic rings. The lowest BCUT2D eigenvalue weighted by atomic mass is 9.97. The van der Waals surface area contributed by atoms with Gasteiger partial charge < -0.3 is 31.1 Å². The minimum Gasteiger partial charge on any atom is -0.444 e. The van der Waals surface area contributed by atoms with Gasteiger partial charge in [-0.3, -0.25) is 14.9 Å². The van der Waals surface area contributed by atoms with Gasteiger partial charge in [0, 0.05) is 13.0 Å². The van der Waals surface area contributed by atoms with Gasteiger partial charge in [-0.1, -0.05) is 105 Å². The van der Waals surface area contributed by atoms with Crippen LogP contribution < -0.4 is 21.7 Å². The van der Waals surface area contributed by atoms with Crippen molar-refractivity contribution in [2.75, 3.05) is 0 Å². The summed E-state index contributed by atoms with van der Waals surface area (Å²) in [6.45, 7) is 9.08. The minimum atomic E-state index is -1.45. The Morgan fingerprint density at radius 2 is 1.35 bits per heavy atom. The topological polar surface area (TPSA) is 163 Å². The normalized spacial score (nSPS) is 13.8. The van der Waals surface area contributed by atoms with Crippen molar-refractivity contribution in [3.63, 3.8) is 0 Å². The lowest BCUT2D eigenvalue weighted by Crippen LogP contribution is -2.66. The van der Waals surface area contributed by atoms with E-state index < -0.39 is 53.9 Å². The van der Waals surface area contributed by atoms with Crippen LogP contribution in [-0.4, -0.2) is 63.9 Å². The molecule has 5 amide bonds. The predicted octanol–water partition coefficient (Wildman–Crippen LogP) is 4.67. The molecule has 4 atom stereocenters. The molecule has 11 heteroatoms. The highest BCUT2D eigenvalue weighted by molar-refractivity contribution is 5.92. The van der Waals surface area contributed by atoms with Crippen molar-refractivity contribution in [1.82, 2.24) is 20.9 Å². The largest absolute Gasteiger partial charge is 0.444 e. The zero-order valence-corrected chi connectivity index (χ0v) is 29.1. The molecule has 264 valence electrons. The van der Waals surface area contributed by atoms with Gasteiger partial charge in [-0.25, -0.2) is 9.59 Å². The molecular weight excluding hydrogens is 622 g/mol. The highest BCUT2D eigenvalue weighted by Crippen LogP contribution is 2.21. The number of urea groups is 1. The Bertz CT molecular complexity index is 1480. The van der Waals surface area contributed by atoms with Gasteiger partial charge in [0.05, 0.1) is 6.10 Å². The number of aryl methyl sites for hydroxylation is 1. The summed E-state index contributed by atoms with van der Waals surface area (Å²) in [5, 5.41) is 20.0. The van der Waals surface area contributed by atoms with Crippen LogP contribution >= 0.6 is 0 Å². The number of aliphatic hydroxyl groups is 1. The quantitative estimate of drug-likeness (QED) is 0.139. The summed E-state index contributed by atoms with van der Waals surface area (Å²) in [7, 11) is 0. The van der Waals surface area contributed by atoms with Crippen molar-refractivity contribution in [3.8, 4) is 0 Å². The van der Waals surface area contributed by atoms with Gasteiger partial charge in [-0.15, -0.1) is 0 Å². The van der Waals surface area contributed by atoms with Crippen molar-refractivity contribution in [3.05, 3.63) is 108 Å². The van der Waals surface area contributed by atoms with E-state index in [-0.39, 0.29) is 31.7 Å². The number of primary amides is 1. The van der Waals surface area contributed by atoms with Crippen LogP contribution in [0.5, 0.6) is 0 Å². The Balaban J connectivity index is 2.05. The van der Waals surface area contributed by atoms with Gasteiger partial charge in [0.1, 0.15) is 23.9 Å². The number of amides is 5. The van der Waals surface area contributed by atoms with E-state index in [0.717, 1.165) is 16.0 Å². The van der Waals surface area contributed by atoms with Gasteiger partial charge in [0.15, 0.2) is 0 Å². The summed E-state index contributed by atoms with van der Waals surface area (Å²) in [5.41, 5.74) is 7.62. The third-order valence-electron chi connectivity index (χ3n) is 7.70. The maximum Gasteiger partial charge on any atom is 0.409 e. The zero-order chi connectivity index (χ0) is 36.0. The van der Waals surface area contributed by atoms with Crippen molar-refractivity contribution in [2.45, 2.75) is 96.8 Å². The molecule has 3 rings (SSSR count). The Kier molecular flexibility index (Phi) is 14.6. The molecule has 0 aliphatic rings. The molecule has 0 aliphatic carbocycles. The molecule has 0 aromatic heterocycles. The number of hydrogen-bond donors (Lipinski definition) is 5. The van der Waals surface area contributed by atoms with Crippen LogP contribution in [-0.2, 0) is 33.7 Å². The van der Waals surface area contributed by atoms with Gasteiger partial charge in [-0.05, 0) is 62.6 Å². The molecule has 0 spiro atoms. The number of nitrogens with two attached hydrogens (primary N) is 1. The Hall–Kier alpha value is -4.90. The van der Waals surface area contributed by atoms with Crippen molar-refractivity contribution in [2.24, 2.45) is 11.7 Å². The number of aliphatic hydroxyl groups excluding tert-OH is 1. The van der Waals surface area contributed by atoms with Crippen LogP contribution in [0.4, 0.5) is 9.59 Å². The number of nitrogens with one attached hydrogen (secondary N) is 3. The fourth-order valence-electron chi connectivity index (χ4n) is 5.41. The standard InChI is InChI=1S/C38H51N5O6/c1-26(2)23-30(41-36(47)40-25-29-19-13-8-14-20-29)35(46)43(31(33(39)45)24-28-17-11-7-12-18-28)34(42-37(48)49-38(3,4)5)32(44)22-21-27-15-9-6-10-16-27/h6-20,26,30-32,34,44H,21-25H2,1-5H3,(H2,39,45)(H,42,48)(H2,40,41,47)/t30-,31-,32-,34?/m0/s1. The van der Waals surface area contributed by atoms with Crippen LogP contribution in [0.3, 0.4) is 0 Å². The fourth-order valence-corrected chi connectivity index (χ4v) is 5.41. The third-order valence-corrected chi connectivity index (χ3v) is 7.70. The second kappa shape index (κ2) is 18.6. The maximum atomic E-state index is 14.8. The van der Waals surface area contributed by atoms with Gasteiger partial charge in [-0.2, -0.15) is 0 Å². The zero-order valence-electron chi connectivity index (χ0n) is 29.1. The summed E-state index contributed by atoms with van der Waals surface area (Å²) in [6.07, 6.45) is -2.99. The highest BCUT2D eigenvalue weighted by Gasteiger charge is 2.42. The molecule has 0 radical (unpaired) electrons. The van der Waals surface area contributed by atoms with Gasteiger partial charge in [0.25, 0.3) is 0 Å². The lowest BCUT2D eigenvalue weighted by molar-refractivity contribution is -0.148. The molecule has 0 bridgehead atoms. The van der Waals surface area contributed by atoms with E-state index in [1.807, 2.05) is 80.6 Å². The molecule has 6 N–H and O–H groups in total. The van der Waals surface area contributed by atoms with E-state index in [1.54, 1.807) is 45.0 Å². The first-order valence-corrected chi connectivity index (χ1v) is 16.7. The minimum absolute atomic E-state index is 0.00554. The van der Waals surface area contributed by atoms with E-state index in [4.69, 9.17) is 10.5 Å². The van der Waals surface area contributed by atoms with Crippen LogP contribution in [0.25, 0.3) is 0 Å². The van der Waals surface area contributed by atoms with Crippen LogP contribution in [0.2, 0.25) is 0 Å². The molecule has 0 aliphatic heterocycles. The third kappa shape index (κ3) is 13.3. The molecule has 0 fully saturated rings. The SMILES string of the molecule is CC(C)C[C@H](NC(=O)NCc1ccccc1)C(=O)N(C(NC(=O)OC(C)(C)C)[C@@H](O)CCc1ccccc1)[C@@H](Cc1ccccc1)C(N)=O. The molecular formula is C38H51N5O6. The molecule has 0 saturated heterocycles. The van der Waals surface area contributed by atoms with Crippen molar-refractivity contribution < 1.29 is 29.0 Å². The summed E-state index contributed by atoms with van der Waals surface area (Å²) < 4.78 is 5.54. The number of carbonyl (C=O) groups is 4. The van der Waals surface area contributed by atoms with E-state index in [9.17, 15) is 24.3 Å². The molecule has 1 unspecified atom stereocenters. The maximum absolute atomic E-state index is 14.8. The number of carbonyl (C=O) groups excluding carboxylic acids is 4. The number of nitrogens with zero attached hydrogens (tertiary/aromatic N) is 1. The monoisotopic (exact) mass is 673 g/mol. The second-order valence-electron chi connectivity index (χ2n) is 13.5. The van der Waals surface area contributed by atoms with Gasteiger partial charge >= 0.3 is 12.1 Å². The number of alkyl carbamates (subject to hydrolysis) is 1. The molecule has 3 aromatic carbocycles. The average molecular weight is 674 g/mol. The summed E-state index contributed by atoms with van der Waals surface area (Å²) in [4.78, 5) is 55.7. The highest BCUT2D eigenvalue weighted by atomic mass is 16.6.